The molecule has 0 aromatic heterocycles. The summed E-state index contributed by atoms with van der Waals surface area (Å²) in [5, 5.41) is 4.26. The van der Waals surface area contributed by atoms with Crippen LogP contribution in [0.2, 0.25) is 0 Å². The van der Waals surface area contributed by atoms with Crippen LogP contribution in [-0.2, 0) is 26.2 Å². The molecule has 0 saturated heterocycles. The summed E-state index contributed by atoms with van der Waals surface area (Å²) in [7, 11) is -0.533. The Morgan fingerprint density at radius 3 is 1.81 bits per heavy atom. The summed E-state index contributed by atoms with van der Waals surface area (Å²) < 4.78 is 2.36. The predicted octanol–water partition coefficient (Wildman–Crippen LogP) is 2.90. The van der Waals surface area contributed by atoms with Gasteiger partial charge in [-0.2, -0.15) is 11.1 Å². The number of allylic oxidation sites excluding steroid dienone is 2. The van der Waals surface area contributed by atoms with E-state index in [4.69, 9.17) is 0 Å². The van der Waals surface area contributed by atoms with E-state index in [1.165, 1.54) is 58.2 Å². The predicted molar refractivity (Wildman–Crippen MR) is 173 cm³/mol. The monoisotopic (exact) mass is 988 g/mol. The average molecular weight is 991 g/mol. The van der Waals surface area contributed by atoms with Crippen molar-refractivity contribution in [3.05, 3.63) is 170 Å². The first kappa shape index (κ1) is 34.2. The summed E-state index contributed by atoms with van der Waals surface area (Å²) in [5.74, 6) is 0.519. The SMILES string of the molecule is Brc1ccc2c3c1C([C-]=C3)c1ccc(cc1)P2c1ccccc1.Brc1cccc2c1C(c1ccccc1)[C-]=C2.[I-].[I-].[Zr+4]. The summed E-state index contributed by atoms with van der Waals surface area (Å²) in [6, 6.07) is 41.3. The van der Waals surface area contributed by atoms with E-state index in [-0.39, 0.29) is 86.0 Å². The normalized spacial score (nSPS) is 17.7. The minimum atomic E-state index is -0.533. The molecule has 0 saturated carbocycles. The van der Waals surface area contributed by atoms with Gasteiger partial charge in [0.2, 0.25) is 0 Å². The van der Waals surface area contributed by atoms with Gasteiger partial charge in [-0.05, 0) is 18.5 Å². The third-order valence-electron chi connectivity index (χ3n) is 7.55. The molecule has 2 aliphatic heterocycles. The van der Waals surface area contributed by atoms with Gasteiger partial charge in [0, 0.05) is 8.95 Å². The van der Waals surface area contributed by atoms with E-state index in [1.807, 2.05) is 6.07 Å². The van der Waals surface area contributed by atoms with E-state index in [0.29, 0.717) is 0 Å². The summed E-state index contributed by atoms with van der Waals surface area (Å²) in [5.41, 5.74) is 7.95. The molecule has 204 valence electrons. The molecule has 0 N–H and O–H groups in total. The maximum atomic E-state index is 3.77. The van der Waals surface area contributed by atoms with Crippen LogP contribution < -0.4 is 63.9 Å². The second-order valence-electron chi connectivity index (χ2n) is 9.80. The van der Waals surface area contributed by atoms with Crippen LogP contribution in [0.1, 0.15) is 45.2 Å². The van der Waals surface area contributed by atoms with Crippen molar-refractivity contribution in [2.45, 2.75) is 11.8 Å². The second-order valence-corrected chi connectivity index (χ2v) is 13.7. The number of fused-ring (bicyclic) bond motifs is 3. The average Bonchev–Trinajstić information content (AvgIpc) is 3.64. The first-order chi connectivity index (χ1) is 19.2. The van der Waals surface area contributed by atoms with E-state index < -0.39 is 7.92 Å². The van der Waals surface area contributed by atoms with Gasteiger partial charge >= 0.3 is 26.2 Å². The van der Waals surface area contributed by atoms with E-state index in [2.05, 4.69) is 165 Å². The molecule has 0 radical (unpaired) electrons. The minimum absolute atomic E-state index is 0. The van der Waals surface area contributed by atoms with Gasteiger partial charge in [-0.25, -0.2) is 12.2 Å². The number of halogens is 4. The van der Waals surface area contributed by atoms with Crippen molar-refractivity contribution in [2.24, 2.45) is 0 Å². The van der Waals surface area contributed by atoms with Gasteiger partial charge in [0.15, 0.2) is 0 Å². The molecule has 6 bridgehead atoms. The smallest absolute Gasteiger partial charge is 1.00 e. The number of rotatable bonds is 2. The van der Waals surface area contributed by atoms with Crippen molar-refractivity contribution in [2.75, 3.05) is 0 Å². The van der Waals surface area contributed by atoms with Crippen LogP contribution >= 0.6 is 39.8 Å². The first-order valence-corrected chi connectivity index (χ1v) is 15.9. The van der Waals surface area contributed by atoms with Crippen LogP contribution in [0.5, 0.6) is 0 Å². The maximum Gasteiger partial charge on any atom is 4.00 e. The van der Waals surface area contributed by atoms with E-state index in [0.717, 1.165) is 0 Å². The topological polar surface area (TPSA) is 0 Å². The number of hydrogen-bond donors (Lipinski definition) is 0. The van der Waals surface area contributed by atoms with Crippen molar-refractivity contribution in [1.82, 2.24) is 0 Å². The van der Waals surface area contributed by atoms with Crippen LogP contribution in [0.3, 0.4) is 0 Å². The molecule has 5 aromatic rings. The Morgan fingerprint density at radius 1 is 0.524 bits per heavy atom. The van der Waals surface area contributed by atoms with Crippen LogP contribution in [0, 0.1) is 12.2 Å². The van der Waals surface area contributed by atoms with E-state index in [1.54, 1.807) is 0 Å². The molecule has 0 spiro atoms. The molecule has 4 aliphatic rings. The molecule has 2 aliphatic carbocycles. The first-order valence-electron chi connectivity index (χ1n) is 13.0. The standard InChI is InChI=1S/C21H13BrP.C15H10Br.2HI.Zr/c22-19-12-13-20-18-11-10-17(21(18)19)14-6-8-16(9-7-14)23(20)15-4-2-1-3-5-15;16-14-8-4-7-12-9-10-13(15(12)14)11-5-2-1-3-6-11;;;/h1-9,11-13,17H;1-9,13H;2*1H;/q2*-1;;;+4/p-2. The summed E-state index contributed by atoms with van der Waals surface area (Å²) >= 11 is 7.39. The molecule has 9 rings (SSSR count). The zero-order chi connectivity index (χ0) is 26.3. The Morgan fingerprint density at radius 2 is 1.10 bits per heavy atom. The molecular weight excluding hydrogens is 968 g/mol. The van der Waals surface area contributed by atoms with Gasteiger partial charge in [0.25, 0.3) is 0 Å². The summed E-state index contributed by atoms with van der Waals surface area (Å²) in [4.78, 5) is 0. The third kappa shape index (κ3) is 6.49. The second kappa shape index (κ2) is 15.1. The van der Waals surface area contributed by atoms with Gasteiger partial charge < -0.3 is 48.0 Å². The van der Waals surface area contributed by atoms with Gasteiger partial charge in [-0.1, -0.05) is 169 Å². The third-order valence-corrected chi connectivity index (χ3v) is 11.4. The maximum absolute atomic E-state index is 3.77. The molecule has 42 heavy (non-hydrogen) atoms. The van der Waals surface area contributed by atoms with Crippen LogP contribution in [0.25, 0.3) is 12.2 Å². The largest absolute Gasteiger partial charge is 4.00 e. The molecule has 6 heteroatoms. The van der Waals surface area contributed by atoms with Crippen LogP contribution in [-0.4, -0.2) is 0 Å². The molecule has 5 aromatic carbocycles. The zero-order valence-electron chi connectivity index (χ0n) is 22.2. The van der Waals surface area contributed by atoms with E-state index in [9.17, 15) is 0 Å². The fraction of sp³-hybridized carbons (Fsp3) is 0.0556. The van der Waals surface area contributed by atoms with Gasteiger partial charge in [-0.15, -0.1) is 17.2 Å². The number of benzene rings is 5. The van der Waals surface area contributed by atoms with Crippen molar-refractivity contribution in [3.8, 4) is 0 Å². The Balaban J connectivity index is 0.000000190. The molecule has 0 amide bonds. The van der Waals surface area contributed by atoms with Crippen molar-refractivity contribution in [3.63, 3.8) is 0 Å². The molecule has 0 nitrogen and oxygen atoms in total. The fourth-order valence-corrected chi connectivity index (χ4v) is 9.33. The van der Waals surface area contributed by atoms with Crippen molar-refractivity contribution in [1.29, 1.82) is 0 Å². The Kier molecular flexibility index (Phi) is 12.3. The van der Waals surface area contributed by atoms with Crippen LogP contribution in [0.4, 0.5) is 0 Å². The minimum Gasteiger partial charge on any atom is -1.00 e. The fourth-order valence-electron chi connectivity index (χ4n) is 5.72. The summed E-state index contributed by atoms with van der Waals surface area (Å²) in [6.45, 7) is 0. The molecule has 2 heterocycles. The molecule has 3 unspecified atom stereocenters. The van der Waals surface area contributed by atoms with Gasteiger partial charge in [0.1, 0.15) is 0 Å². The van der Waals surface area contributed by atoms with Gasteiger partial charge in [0.05, 0.1) is 0 Å². The Labute approximate surface area is 319 Å². The molecular formula is C36H23Br2I2PZr. The molecule has 0 fully saturated rings. The number of hydrogen-bond acceptors (Lipinski definition) is 0. The molecule has 3 atom stereocenters. The van der Waals surface area contributed by atoms with Gasteiger partial charge in [-0.3, -0.25) is 12.2 Å². The van der Waals surface area contributed by atoms with Crippen molar-refractivity contribution >= 4 is 67.8 Å². The Bertz CT molecular complexity index is 1740. The quantitative estimate of drug-likeness (QED) is 0.145. The van der Waals surface area contributed by atoms with Crippen LogP contribution in [0.15, 0.2) is 124 Å². The van der Waals surface area contributed by atoms with E-state index >= 15 is 0 Å². The van der Waals surface area contributed by atoms with Crippen molar-refractivity contribution < 1.29 is 74.2 Å². The Hall–Kier alpha value is -0.687. The summed E-state index contributed by atoms with van der Waals surface area (Å²) in [6.07, 6.45) is 11.3. The zero-order valence-corrected chi connectivity index (χ0v) is 33.1.